The van der Waals surface area contributed by atoms with Crippen LogP contribution in [0, 0.1) is 0 Å². The predicted molar refractivity (Wildman–Crippen MR) is 98.4 cm³/mol. The number of rotatable bonds is 5. The van der Waals surface area contributed by atoms with Crippen LogP contribution in [0.1, 0.15) is 16.2 Å². The number of halogens is 1. The molecule has 0 amide bonds. The number of nitrogens with zero attached hydrogens (tertiary/aromatic N) is 2. The molecule has 4 aromatic rings. The van der Waals surface area contributed by atoms with Gasteiger partial charge in [-0.05, 0) is 41.1 Å². The van der Waals surface area contributed by atoms with Gasteiger partial charge in [-0.1, -0.05) is 47.1 Å². The van der Waals surface area contributed by atoms with Crippen molar-refractivity contribution >= 4 is 28.7 Å². The molecule has 0 radical (unpaired) electrons. The van der Waals surface area contributed by atoms with Crippen LogP contribution in [-0.2, 0) is 6.61 Å². The number of carbonyl (C=O) groups excluding carboxylic acids is 1. The van der Waals surface area contributed by atoms with Gasteiger partial charge in [0, 0.05) is 10.6 Å². The molecule has 128 valence electrons. The molecule has 1 aromatic heterocycles. The number of carbonyl (C=O) groups is 1. The Morgan fingerprint density at radius 3 is 2.65 bits per heavy atom. The lowest BCUT2D eigenvalue weighted by molar-refractivity contribution is 0.111. The lowest BCUT2D eigenvalue weighted by Crippen LogP contribution is -1.99. The van der Waals surface area contributed by atoms with Crippen molar-refractivity contribution in [1.29, 1.82) is 0 Å². The van der Waals surface area contributed by atoms with Crippen molar-refractivity contribution in [1.82, 2.24) is 10.1 Å². The van der Waals surface area contributed by atoms with E-state index in [0.717, 1.165) is 22.6 Å². The van der Waals surface area contributed by atoms with Crippen molar-refractivity contribution < 1.29 is 14.1 Å². The fraction of sp³-hybridized carbons (Fsp3) is 0.0500. The number of aromatic nitrogens is 2. The van der Waals surface area contributed by atoms with Gasteiger partial charge in [0.1, 0.15) is 5.75 Å². The molecule has 0 atom stereocenters. The van der Waals surface area contributed by atoms with Crippen LogP contribution in [0.2, 0.25) is 5.02 Å². The molecule has 0 spiro atoms. The van der Waals surface area contributed by atoms with Crippen LogP contribution in [0.25, 0.3) is 22.2 Å². The van der Waals surface area contributed by atoms with Crippen molar-refractivity contribution in [2.75, 3.05) is 0 Å². The summed E-state index contributed by atoms with van der Waals surface area (Å²) in [6.07, 6.45) is 0.796. The highest BCUT2D eigenvalue weighted by Crippen LogP contribution is 2.27. The average Bonchev–Trinajstić information content (AvgIpc) is 3.15. The van der Waals surface area contributed by atoms with Gasteiger partial charge in [0.05, 0.1) is 5.56 Å². The summed E-state index contributed by atoms with van der Waals surface area (Å²) in [5.74, 6) is 1.25. The van der Waals surface area contributed by atoms with Crippen LogP contribution < -0.4 is 4.74 Å². The lowest BCUT2D eigenvalue weighted by atomic mass is 10.0. The molecule has 26 heavy (non-hydrogen) atoms. The Balaban J connectivity index is 1.55. The van der Waals surface area contributed by atoms with Gasteiger partial charge >= 0.3 is 0 Å². The Hall–Kier alpha value is -3.18. The first kappa shape index (κ1) is 16.3. The molecule has 4 rings (SSSR count). The van der Waals surface area contributed by atoms with E-state index in [9.17, 15) is 4.79 Å². The van der Waals surface area contributed by atoms with Gasteiger partial charge in [-0.25, -0.2) is 0 Å². The molecule has 0 bridgehead atoms. The maximum atomic E-state index is 11.5. The molecular formula is C20H13ClN2O3. The zero-order valence-corrected chi connectivity index (χ0v) is 14.3. The number of hydrogen-bond donors (Lipinski definition) is 0. The molecule has 0 aliphatic heterocycles. The zero-order chi connectivity index (χ0) is 17.9. The first-order valence-corrected chi connectivity index (χ1v) is 8.30. The number of hydrogen-bond acceptors (Lipinski definition) is 5. The molecule has 0 saturated carbocycles. The van der Waals surface area contributed by atoms with Crippen LogP contribution in [-0.4, -0.2) is 16.4 Å². The Bertz CT molecular complexity index is 1070. The molecule has 0 aliphatic carbocycles. The summed E-state index contributed by atoms with van der Waals surface area (Å²) in [5.41, 5.74) is 1.30. The van der Waals surface area contributed by atoms with E-state index in [1.54, 1.807) is 18.2 Å². The molecule has 0 fully saturated rings. The minimum atomic E-state index is 0.0692. The smallest absolute Gasteiger partial charge is 0.264 e. The average molecular weight is 365 g/mol. The molecule has 3 aromatic carbocycles. The summed E-state index contributed by atoms with van der Waals surface area (Å²) < 4.78 is 11.0. The van der Waals surface area contributed by atoms with Crippen molar-refractivity contribution in [3.63, 3.8) is 0 Å². The van der Waals surface area contributed by atoms with Crippen molar-refractivity contribution in [2.24, 2.45) is 0 Å². The van der Waals surface area contributed by atoms with Crippen LogP contribution in [0.3, 0.4) is 0 Å². The fourth-order valence-corrected chi connectivity index (χ4v) is 2.82. The van der Waals surface area contributed by atoms with Crippen molar-refractivity contribution in [3.8, 4) is 17.1 Å². The molecule has 0 N–H and O–H groups in total. The Morgan fingerprint density at radius 2 is 1.85 bits per heavy atom. The maximum Gasteiger partial charge on any atom is 0.264 e. The summed E-state index contributed by atoms with van der Waals surface area (Å²) in [4.78, 5) is 15.8. The number of ether oxygens (including phenoxy) is 1. The van der Waals surface area contributed by atoms with Gasteiger partial charge in [0.2, 0.25) is 5.82 Å². The summed E-state index contributed by atoms with van der Waals surface area (Å²) in [5, 5.41) is 6.40. The van der Waals surface area contributed by atoms with Gasteiger partial charge in [0.25, 0.3) is 5.89 Å². The molecule has 5 nitrogen and oxygen atoms in total. The third-order valence-electron chi connectivity index (χ3n) is 3.97. The van der Waals surface area contributed by atoms with Crippen LogP contribution in [0.4, 0.5) is 0 Å². The van der Waals surface area contributed by atoms with Gasteiger partial charge in [0.15, 0.2) is 12.9 Å². The number of aldehydes is 1. The normalized spacial score (nSPS) is 10.8. The second-order valence-corrected chi connectivity index (χ2v) is 6.06. The summed E-state index contributed by atoms with van der Waals surface area (Å²) in [6, 6.07) is 18.5. The topological polar surface area (TPSA) is 65.2 Å². The zero-order valence-electron chi connectivity index (χ0n) is 13.6. The van der Waals surface area contributed by atoms with Gasteiger partial charge in [-0.15, -0.1) is 0 Å². The van der Waals surface area contributed by atoms with E-state index in [-0.39, 0.29) is 6.61 Å². The molecule has 6 heteroatoms. The first-order chi connectivity index (χ1) is 12.7. The maximum absolute atomic E-state index is 11.5. The van der Waals surface area contributed by atoms with Crippen molar-refractivity contribution in [3.05, 3.63) is 77.1 Å². The Kier molecular flexibility index (Phi) is 4.37. The molecular weight excluding hydrogens is 352 g/mol. The van der Waals surface area contributed by atoms with E-state index >= 15 is 0 Å². The highest BCUT2D eigenvalue weighted by atomic mass is 35.5. The van der Waals surface area contributed by atoms with E-state index in [0.29, 0.717) is 28.1 Å². The summed E-state index contributed by atoms with van der Waals surface area (Å²) in [7, 11) is 0. The SMILES string of the molecule is O=Cc1c(OCc2nc(-c3ccc(Cl)cc3)no2)ccc2ccccc12. The Morgan fingerprint density at radius 1 is 1.04 bits per heavy atom. The second kappa shape index (κ2) is 6.98. The highest BCUT2D eigenvalue weighted by molar-refractivity contribution is 6.30. The first-order valence-electron chi connectivity index (χ1n) is 7.93. The standard InChI is InChI=1S/C20H13ClN2O3/c21-15-8-5-14(6-9-15)20-22-19(26-23-20)12-25-18-10-7-13-3-1-2-4-16(13)17(18)11-24/h1-11H,12H2. The second-order valence-electron chi connectivity index (χ2n) is 5.62. The lowest BCUT2D eigenvalue weighted by Gasteiger charge is -2.08. The summed E-state index contributed by atoms with van der Waals surface area (Å²) >= 11 is 5.88. The van der Waals surface area contributed by atoms with E-state index in [1.807, 2.05) is 42.5 Å². The number of benzene rings is 3. The Labute approximate surface area is 154 Å². The van der Waals surface area contributed by atoms with E-state index < -0.39 is 0 Å². The van der Waals surface area contributed by atoms with E-state index in [4.69, 9.17) is 20.9 Å². The third kappa shape index (κ3) is 3.17. The van der Waals surface area contributed by atoms with Gasteiger partial charge in [-0.3, -0.25) is 4.79 Å². The largest absolute Gasteiger partial charge is 0.483 e. The molecule has 0 aliphatic rings. The quantitative estimate of drug-likeness (QED) is 0.469. The third-order valence-corrected chi connectivity index (χ3v) is 4.22. The minimum Gasteiger partial charge on any atom is -0.483 e. The van der Waals surface area contributed by atoms with Crippen LogP contribution >= 0.6 is 11.6 Å². The van der Waals surface area contributed by atoms with Crippen LogP contribution in [0.15, 0.2) is 65.2 Å². The fourth-order valence-electron chi connectivity index (χ4n) is 2.69. The van der Waals surface area contributed by atoms with E-state index in [1.165, 1.54) is 0 Å². The highest BCUT2D eigenvalue weighted by Gasteiger charge is 2.12. The summed E-state index contributed by atoms with van der Waals surface area (Å²) in [6.45, 7) is 0.0692. The molecule has 1 heterocycles. The van der Waals surface area contributed by atoms with Gasteiger partial charge < -0.3 is 9.26 Å². The van der Waals surface area contributed by atoms with E-state index in [2.05, 4.69) is 10.1 Å². The van der Waals surface area contributed by atoms with Crippen molar-refractivity contribution in [2.45, 2.75) is 6.61 Å². The molecule has 0 unspecified atom stereocenters. The monoisotopic (exact) mass is 364 g/mol. The van der Waals surface area contributed by atoms with Gasteiger partial charge in [-0.2, -0.15) is 4.98 Å². The predicted octanol–water partition coefficient (Wildman–Crippen LogP) is 4.93. The minimum absolute atomic E-state index is 0.0692. The number of fused-ring (bicyclic) bond motifs is 1. The van der Waals surface area contributed by atoms with Crippen LogP contribution in [0.5, 0.6) is 5.75 Å². The molecule has 0 saturated heterocycles.